The van der Waals surface area contributed by atoms with Crippen molar-refractivity contribution in [3.8, 4) is 5.75 Å². The zero-order valence-electron chi connectivity index (χ0n) is 10.8. The second-order valence-corrected chi connectivity index (χ2v) is 6.01. The molecular weight excluding hydrogens is 312 g/mol. The summed E-state index contributed by atoms with van der Waals surface area (Å²) in [6.45, 7) is 2.27. The second-order valence-electron chi connectivity index (χ2n) is 5.04. The van der Waals surface area contributed by atoms with Gasteiger partial charge in [0.25, 0.3) is 0 Å². The number of halogens is 2. The Kier molecular flexibility index (Phi) is 5.38. The van der Waals surface area contributed by atoms with Gasteiger partial charge in [-0.25, -0.2) is 0 Å². The van der Waals surface area contributed by atoms with Gasteiger partial charge in [-0.3, -0.25) is 0 Å². The minimum atomic E-state index is 0.335. The van der Waals surface area contributed by atoms with E-state index >= 15 is 0 Å². The van der Waals surface area contributed by atoms with Gasteiger partial charge in [0.1, 0.15) is 5.75 Å². The quantitative estimate of drug-likeness (QED) is 0.654. The van der Waals surface area contributed by atoms with Crippen molar-refractivity contribution < 1.29 is 4.74 Å². The first-order chi connectivity index (χ1) is 8.74. The van der Waals surface area contributed by atoms with Crippen LogP contribution in [0.5, 0.6) is 5.75 Å². The van der Waals surface area contributed by atoms with Crippen molar-refractivity contribution in [1.29, 1.82) is 0 Å². The highest BCUT2D eigenvalue weighted by Crippen LogP contribution is 2.35. The zero-order chi connectivity index (χ0) is 13.0. The Labute approximate surface area is 123 Å². The van der Waals surface area contributed by atoms with Crippen molar-refractivity contribution in [2.24, 2.45) is 5.92 Å². The normalized spacial score (nSPS) is 23.9. The lowest BCUT2D eigenvalue weighted by atomic mass is 9.85. The van der Waals surface area contributed by atoms with Crippen LogP contribution in [-0.4, -0.2) is 6.10 Å². The smallest absolute Gasteiger partial charge is 0.142 e. The maximum absolute atomic E-state index is 6.25. The molecule has 100 valence electrons. The SMILES string of the molecule is CCC1CCCC(Oc2c(Cl)cccc2CBr)C1. The Hall–Kier alpha value is -0.210. The molecule has 0 bridgehead atoms. The van der Waals surface area contributed by atoms with E-state index in [1.54, 1.807) is 0 Å². The summed E-state index contributed by atoms with van der Waals surface area (Å²) in [5.74, 6) is 1.69. The lowest BCUT2D eigenvalue weighted by Crippen LogP contribution is -2.25. The molecule has 0 radical (unpaired) electrons. The van der Waals surface area contributed by atoms with Crippen LogP contribution >= 0.6 is 27.5 Å². The molecule has 1 aliphatic carbocycles. The molecule has 0 N–H and O–H groups in total. The summed E-state index contributed by atoms with van der Waals surface area (Å²) in [6, 6.07) is 5.95. The molecule has 1 fully saturated rings. The first-order valence-corrected chi connectivity index (χ1v) is 8.24. The fourth-order valence-electron chi connectivity index (χ4n) is 2.68. The number of ether oxygens (including phenoxy) is 1. The maximum atomic E-state index is 6.25. The zero-order valence-corrected chi connectivity index (χ0v) is 13.1. The van der Waals surface area contributed by atoms with E-state index in [1.807, 2.05) is 12.1 Å². The molecule has 18 heavy (non-hydrogen) atoms. The van der Waals surface area contributed by atoms with Gasteiger partial charge in [0, 0.05) is 10.9 Å². The molecule has 0 amide bonds. The molecule has 1 aromatic rings. The second kappa shape index (κ2) is 6.81. The van der Waals surface area contributed by atoms with Crippen LogP contribution in [0.3, 0.4) is 0 Å². The number of benzene rings is 1. The largest absolute Gasteiger partial charge is 0.489 e. The van der Waals surface area contributed by atoms with Gasteiger partial charge in [-0.2, -0.15) is 0 Å². The molecule has 1 nitrogen and oxygen atoms in total. The Balaban J connectivity index is 2.09. The van der Waals surface area contributed by atoms with Crippen molar-refractivity contribution in [1.82, 2.24) is 0 Å². The van der Waals surface area contributed by atoms with E-state index in [0.29, 0.717) is 6.10 Å². The first-order valence-electron chi connectivity index (χ1n) is 6.74. The maximum Gasteiger partial charge on any atom is 0.142 e. The van der Waals surface area contributed by atoms with E-state index in [9.17, 15) is 0 Å². The molecule has 1 saturated carbocycles. The Bertz CT molecular complexity index is 394. The standard InChI is InChI=1S/C15H20BrClO/c1-2-11-5-3-7-13(9-11)18-15-12(10-16)6-4-8-14(15)17/h4,6,8,11,13H,2-3,5,7,9-10H2,1H3. The van der Waals surface area contributed by atoms with Crippen molar-refractivity contribution >= 4 is 27.5 Å². The summed E-state index contributed by atoms with van der Waals surface area (Å²) in [5, 5.41) is 1.51. The molecule has 0 heterocycles. The lowest BCUT2D eigenvalue weighted by molar-refractivity contribution is 0.121. The number of rotatable bonds is 4. The first kappa shape index (κ1) is 14.2. The topological polar surface area (TPSA) is 9.23 Å². The molecule has 0 aromatic heterocycles. The molecule has 0 saturated heterocycles. The Morgan fingerprint density at radius 2 is 2.22 bits per heavy atom. The molecule has 2 unspecified atom stereocenters. The van der Waals surface area contributed by atoms with Crippen molar-refractivity contribution in [3.63, 3.8) is 0 Å². The van der Waals surface area contributed by atoms with E-state index in [1.165, 1.54) is 25.7 Å². The average molecular weight is 332 g/mol. The fraction of sp³-hybridized carbons (Fsp3) is 0.600. The van der Waals surface area contributed by atoms with Gasteiger partial charge >= 0.3 is 0 Å². The number of hydrogen-bond donors (Lipinski definition) is 0. The van der Waals surface area contributed by atoms with Crippen molar-refractivity contribution in [2.45, 2.75) is 50.5 Å². The van der Waals surface area contributed by atoms with Crippen LogP contribution < -0.4 is 4.74 Å². The summed E-state index contributed by atoms with van der Waals surface area (Å²) in [4.78, 5) is 0. The minimum absolute atomic E-state index is 0.335. The molecule has 2 rings (SSSR count). The molecule has 1 aliphatic rings. The third-order valence-electron chi connectivity index (χ3n) is 3.79. The Morgan fingerprint density at radius 1 is 1.39 bits per heavy atom. The van der Waals surface area contributed by atoms with Gasteiger partial charge in [0.2, 0.25) is 0 Å². The van der Waals surface area contributed by atoms with Crippen LogP contribution in [0.1, 0.15) is 44.6 Å². The summed E-state index contributed by atoms with van der Waals surface area (Å²) in [7, 11) is 0. The third-order valence-corrected chi connectivity index (χ3v) is 4.69. The van der Waals surface area contributed by atoms with E-state index < -0.39 is 0 Å². The predicted octanol–water partition coefficient (Wildman–Crippen LogP) is 5.58. The molecule has 2 atom stereocenters. The van der Waals surface area contributed by atoms with E-state index in [4.69, 9.17) is 16.3 Å². The molecule has 3 heteroatoms. The van der Waals surface area contributed by atoms with Crippen LogP contribution in [0.15, 0.2) is 18.2 Å². The minimum Gasteiger partial charge on any atom is -0.489 e. The summed E-state index contributed by atoms with van der Waals surface area (Å²) in [5.41, 5.74) is 1.14. The summed E-state index contributed by atoms with van der Waals surface area (Å²) >= 11 is 9.75. The molecular formula is C15H20BrClO. The summed E-state index contributed by atoms with van der Waals surface area (Å²) in [6.07, 6.45) is 6.54. The van der Waals surface area contributed by atoms with Crippen LogP contribution in [0.2, 0.25) is 5.02 Å². The van der Waals surface area contributed by atoms with E-state index in [2.05, 4.69) is 28.9 Å². The fourth-order valence-corrected chi connectivity index (χ4v) is 3.36. The monoisotopic (exact) mass is 330 g/mol. The van der Waals surface area contributed by atoms with Crippen molar-refractivity contribution in [3.05, 3.63) is 28.8 Å². The van der Waals surface area contributed by atoms with Gasteiger partial charge in [-0.1, -0.05) is 59.4 Å². The van der Waals surface area contributed by atoms with Gasteiger partial charge in [0.15, 0.2) is 0 Å². The molecule has 1 aromatic carbocycles. The number of hydrogen-bond acceptors (Lipinski definition) is 1. The van der Waals surface area contributed by atoms with Gasteiger partial charge < -0.3 is 4.74 Å². The Morgan fingerprint density at radius 3 is 2.94 bits per heavy atom. The highest BCUT2D eigenvalue weighted by molar-refractivity contribution is 9.08. The van der Waals surface area contributed by atoms with Crippen molar-refractivity contribution in [2.75, 3.05) is 0 Å². The number of para-hydroxylation sites is 1. The number of alkyl halides is 1. The average Bonchev–Trinajstić information content (AvgIpc) is 2.41. The highest BCUT2D eigenvalue weighted by atomic mass is 79.9. The third kappa shape index (κ3) is 3.42. The van der Waals surface area contributed by atoms with E-state index in [-0.39, 0.29) is 0 Å². The van der Waals surface area contributed by atoms with Gasteiger partial charge in [-0.05, 0) is 31.2 Å². The van der Waals surface area contributed by atoms with Crippen LogP contribution in [0.4, 0.5) is 0 Å². The molecule has 0 spiro atoms. The highest BCUT2D eigenvalue weighted by Gasteiger charge is 2.23. The molecule has 0 aliphatic heterocycles. The summed E-state index contributed by atoms with van der Waals surface area (Å²) < 4.78 is 6.18. The van der Waals surface area contributed by atoms with Crippen LogP contribution in [-0.2, 0) is 5.33 Å². The predicted molar refractivity (Wildman–Crippen MR) is 80.7 cm³/mol. The van der Waals surface area contributed by atoms with E-state index in [0.717, 1.165) is 34.0 Å². The lowest BCUT2D eigenvalue weighted by Gasteiger charge is -2.29. The van der Waals surface area contributed by atoms with Gasteiger partial charge in [-0.15, -0.1) is 0 Å². The van der Waals surface area contributed by atoms with Crippen LogP contribution in [0.25, 0.3) is 0 Å². The van der Waals surface area contributed by atoms with Gasteiger partial charge in [0.05, 0.1) is 11.1 Å². The van der Waals surface area contributed by atoms with Crippen LogP contribution in [0, 0.1) is 5.92 Å².